The Bertz CT molecular complexity index is 1060. The van der Waals surface area contributed by atoms with Crippen LogP contribution in [0.4, 0.5) is 10.1 Å². The molecule has 1 saturated heterocycles. The number of nitrogens with zero attached hydrogens (tertiary/aromatic N) is 2. The van der Waals surface area contributed by atoms with Crippen LogP contribution < -0.4 is 15.0 Å². The molecule has 0 aromatic heterocycles. The molecule has 2 aromatic carbocycles. The first-order valence-electron chi connectivity index (χ1n) is 11.9. The van der Waals surface area contributed by atoms with Gasteiger partial charge in [0.15, 0.2) is 11.5 Å². The molecule has 0 aliphatic carbocycles. The molecule has 7 heteroatoms. The minimum absolute atomic E-state index is 0.0467. The Morgan fingerprint density at radius 1 is 1.15 bits per heavy atom. The number of amides is 2. The van der Waals surface area contributed by atoms with Crippen LogP contribution in [0.5, 0.6) is 5.75 Å². The number of rotatable bonds is 7. The smallest absolute Gasteiger partial charge is 0.294 e. The Kier molecular flexibility index (Phi) is 7.63. The van der Waals surface area contributed by atoms with Crippen LogP contribution in [0.25, 0.3) is 6.08 Å². The van der Waals surface area contributed by atoms with Crippen molar-refractivity contribution in [1.82, 2.24) is 10.2 Å². The fourth-order valence-corrected chi connectivity index (χ4v) is 4.87. The number of nitrogens with one attached hydrogen (secondary N) is 1. The minimum atomic E-state index is -0.436. The van der Waals surface area contributed by atoms with E-state index in [9.17, 15) is 14.0 Å². The number of likely N-dealkylation sites (tertiary alicyclic amines) is 1. The van der Waals surface area contributed by atoms with Gasteiger partial charge in [-0.3, -0.25) is 14.5 Å². The summed E-state index contributed by atoms with van der Waals surface area (Å²) in [7, 11) is 0. The van der Waals surface area contributed by atoms with Gasteiger partial charge in [-0.2, -0.15) is 0 Å². The van der Waals surface area contributed by atoms with Crippen LogP contribution in [-0.4, -0.2) is 49.4 Å². The molecule has 2 heterocycles. The van der Waals surface area contributed by atoms with Gasteiger partial charge in [-0.25, -0.2) is 4.39 Å². The largest absolute Gasteiger partial charge is 0.449 e. The minimum Gasteiger partial charge on any atom is -0.449 e. The Hall–Kier alpha value is -3.19. The van der Waals surface area contributed by atoms with E-state index in [2.05, 4.69) is 24.1 Å². The van der Waals surface area contributed by atoms with Crippen molar-refractivity contribution in [3.05, 3.63) is 65.7 Å². The quantitative estimate of drug-likeness (QED) is 0.495. The van der Waals surface area contributed by atoms with Gasteiger partial charge in [0.1, 0.15) is 12.4 Å². The van der Waals surface area contributed by atoms with Crippen molar-refractivity contribution in [3.8, 4) is 5.75 Å². The van der Waals surface area contributed by atoms with Gasteiger partial charge in [-0.1, -0.05) is 38.1 Å². The third kappa shape index (κ3) is 6.03. The van der Waals surface area contributed by atoms with Gasteiger partial charge >= 0.3 is 0 Å². The van der Waals surface area contributed by atoms with Crippen LogP contribution in [0.3, 0.4) is 0 Å². The first kappa shape index (κ1) is 24.0. The molecule has 0 radical (unpaired) electrons. The fourth-order valence-electron chi connectivity index (χ4n) is 4.87. The first-order chi connectivity index (χ1) is 16.4. The summed E-state index contributed by atoms with van der Waals surface area (Å²) in [6.45, 7) is 8.20. The highest BCUT2D eigenvalue weighted by atomic mass is 19.1. The van der Waals surface area contributed by atoms with Crippen molar-refractivity contribution in [1.29, 1.82) is 0 Å². The van der Waals surface area contributed by atoms with Crippen molar-refractivity contribution in [2.24, 2.45) is 11.8 Å². The highest BCUT2D eigenvalue weighted by Gasteiger charge is 2.31. The standard InChI is InChI=1S/C27H32FN3O3/c1-19-13-20(2)17-30(16-19)12-6-11-29-26(32)18-31-23-9-3-4-10-24(23)34-25(27(31)33)15-21-7-5-8-22(28)14-21/h3-5,7-10,14-15,19-20H,6,11-13,16-18H2,1-2H3,(H,29,32)/b25-15+/t19-,20-/m0/s1. The number of benzene rings is 2. The maximum atomic E-state index is 13.6. The lowest BCUT2D eigenvalue weighted by Crippen LogP contribution is -2.45. The second-order valence-corrected chi connectivity index (χ2v) is 9.43. The van der Waals surface area contributed by atoms with E-state index in [0.29, 0.717) is 35.4 Å². The number of hydrogen-bond acceptors (Lipinski definition) is 4. The molecule has 2 amide bonds. The Morgan fingerprint density at radius 3 is 2.68 bits per heavy atom. The summed E-state index contributed by atoms with van der Waals surface area (Å²) < 4.78 is 19.4. The summed E-state index contributed by atoms with van der Waals surface area (Å²) in [6.07, 6.45) is 3.63. The molecule has 2 atom stereocenters. The van der Waals surface area contributed by atoms with E-state index in [0.717, 1.165) is 26.1 Å². The average Bonchev–Trinajstić information content (AvgIpc) is 2.79. The van der Waals surface area contributed by atoms with Crippen molar-refractivity contribution in [3.63, 3.8) is 0 Å². The number of para-hydroxylation sites is 2. The molecule has 2 aliphatic rings. The Labute approximate surface area is 200 Å². The third-order valence-corrected chi connectivity index (χ3v) is 6.20. The van der Waals surface area contributed by atoms with E-state index < -0.39 is 11.7 Å². The number of carbonyl (C=O) groups excluding carboxylic acids is 2. The van der Waals surface area contributed by atoms with Crippen LogP contribution in [0, 0.1) is 17.7 Å². The highest BCUT2D eigenvalue weighted by Crippen LogP contribution is 2.35. The Morgan fingerprint density at radius 2 is 1.91 bits per heavy atom. The molecule has 6 nitrogen and oxygen atoms in total. The maximum Gasteiger partial charge on any atom is 0.294 e. The Balaban J connectivity index is 1.38. The van der Waals surface area contributed by atoms with E-state index in [1.165, 1.54) is 29.5 Å². The van der Waals surface area contributed by atoms with Gasteiger partial charge in [0, 0.05) is 19.6 Å². The molecular weight excluding hydrogens is 433 g/mol. The van der Waals surface area contributed by atoms with Gasteiger partial charge in [-0.05, 0) is 67.1 Å². The number of halogens is 1. The van der Waals surface area contributed by atoms with E-state index in [-0.39, 0.29) is 18.2 Å². The monoisotopic (exact) mass is 465 g/mol. The number of fused-ring (bicyclic) bond motifs is 1. The zero-order chi connectivity index (χ0) is 24.1. The first-order valence-corrected chi connectivity index (χ1v) is 11.9. The van der Waals surface area contributed by atoms with Crippen LogP contribution in [0.15, 0.2) is 54.3 Å². The summed E-state index contributed by atoms with van der Waals surface area (Å²) in [5, 5.41) is 2.95. The molecule has 2 aromatic rings. The van der Waals surface area contributed by atoms with Gasteiger partial charge in [0.25, 0.3) is 5.91 Å². The van der Waals surface area contributed by atoms with Crippen molar-refractivity contribution in [2.75, 3.05) is 37.6 Å². The predicted octanol–water partition coefficient (Wildman–Crippen LogP) is 4.08. The van der Waals surface area contributed by atoms with E-state index in [1.807, 2.05) is 0 Å². The third-order valence-electron chi connectivity index (χ3n) is 6.20. The zero-order valence-electron chi connectivity index (χ0n) is 19.8. The lowest BCUT2D eigenvalue weighted by atomic mass is 9.92. The van der Waals surface area contributed by atoms with Gasteiger partial charge in [0.2, 0.25) is 5.91 Å². The molecule has 0 bridgehead atoms. The molecule has 4 rings (SSSR count). The number of piperidine rings is 1. The molecule has 2 aliphatic heterocycles. The van der Waals surface area contributed by atoms with Crippen molar-refractivity contribution < 1.29 is 18.7 Å². The van der Waals surface area contributed by atoms with Gasteiger partial charge in [0.05, 0.1) is 5.69 Å². The molecule has 0 unspecified atom stereocenters. The summed E-state index contributed by atoms with van der Waals surface area (Å²) >= 11 is 0. The summed E-state index contributed by atoms with van der Waals surface area (Å²) in [4.78, 5) is 29.7. The van der Waals surface area contributed by atoms with Crippen molar-refractivity contribution >= 4 is 23.6 Å². The molecule has 0 spiro atoms. The van der Waals surface area contributed by atoms with Crippen LogP contribution in [0.1, 0.15) is 32.3 Å². The highest BCUT2D eigenvalue weighted by molar-refractivity contribution is 6.12. The molecule has 180 valence electrons. The molecule has 1 fully saturated rings. The number of carbonyl (C=O) groups is 2. The second kappa shape index (κ2) is 10.8. The number of hydrogen-bond donors (Lipinski definition) is 1. The van der Waals surface area contributed by atoms with Crippen LogP contribution >= 0.6 is 0 Å². The average molecular weight is 466 g/mol. The predicted molar refractivity (Wildman–Crippen MR) is 131 cm³/mol. The molecular formula is C27H32FN3O3. The lowest BCUT2D eigenvalue weighted by Gasteiger charge is -2.35. The topological polar surface area (TPSA) is 61.9 Å². The van der Waals surface area contributed by atoms with Gasteiger partial charge < -0.3 is 15.0 Å². The van der Waals surface area contributed by atoms with Crippen LogP contribution in [0.2, 0.25) is 0 Å². The number of ether oxygens (including phenoxy) is 1. The van der Waals surface area contributed by atoms with E-state index in [1.54, 1.807) is 36.4 Å². The second-order valence-electron chi connectivity index (χ2n) is 9.43. The normalized spacial score (nSPS) is 21.8. The SMILES string of the molecule is C[C@H]1C[C@H](C)CN(CCCNC(=O)CN2C(=O)/C(=C\c3cccc(F)c3)Oc3ccccc32)C1. The number of anilines is 1. The molecule has 34 heavy (non-hydrogen) atoms. The molecule has 1 N–H and O–H groups in total. The van der Waals surface area contributed by atoms with Crippen molar-refractivity contribution in [2.45, 2.75) is 26.7 Å². The summed E-state index contributed by atoms with van der Waals surface area (Å²) in [5.41, 5.74) is 1.05. The summed E-state index contributed by atoms with van der Waals surface area (Å²) in [5.74, 6) is 0.879. The zero-order valence-corrected chi connectivity index (χ0v) is 19.8. The maximum absolute atomic E-state index is 13.6. The fraction of sp³-hybridized carbons (Fsp3) is 0.407. The lowest BCUT2D eigenvalue weighted by molar-refractivity contribution is -0.123. The molecule has 0 saturated carbocycles. The van der Waals surface area contributed by atoms with Crippen LogP contribution in [-0.2, 0) is 9.59 Å². The van der Waals surface area contributed by atoms with E-state index in [4.69, 9.17) is 4.74 Å². The summed E-state index contributed by atoms with van der Waals surface area (Å²) in [6, 6.07) is 13.0. The van der Waals surface area contributed by atoms with E-state index >= 15 is 0 Å². The van der Waals surface area contributed by atoms with Gasteiger partial charge in [-0.15, -0.1) is 0 Å².